The summed E-state index contributed by atoms with van der Waals surface area (Å²) in [6, 6.07) is 0. The molecule has 5 unspecified atom stereocenters. The Morgan fingerprint density at radius 1 is 1.19 bits per heavy atom. The Hall–Kier alpha value is -3.73. The molecule has 0 saturated carbocycles. The number of allylic oxidation sites excluding steroid dienone is 4. The number of hydrogen-bond acceptors (Lipinski definition) is 9. The van der Waals surface area contributed by atoms with Gasteiger partial charge >= 0.3 is 6.09 Å². The summed E-state index contributed by atoms with van der Waals surface area (Å²) in [6.45, 7) is 12.4. The molecule has 0 aromatic rings. The molecule has 1 heterocycles. The van der Waals surface area contributed by atoms with Gasteiger partial charge in [-0.05, 0) is 77.0 Å². The van der Waals surface area contributed by atoms with Crippen molar-refractivity contribution < 1.29 is 29.1 Å². The first-order valence-electron chi connectivity index (χ1n) is 14.9. The van der Waals surface area contributed by atoms with Crippen molar-refractivity contribution in [3.63, 3.8) is 0 Å². The van der Waals surface area contributed by atoms with Crippen LogP contribution < -0.4 is 16.4 Å². The average molecular weight is 600 g/mol. The van der Waals surface area contributed by atoms with Gasteiger partial charge in [-0.25, -0.2) is 4.79 Å². The molecule has 1 aliphatic heterocycles. The zero-order chi connectivity index (χ0) is 32.4. The fraction of sp³-hybridized carbons (Fsp3) is 0.594. The first-order chi connectivity index (χ1) is 20.2. The number of fused-ring (bicyclic) bond motifs is 2. The van der Waals surface area contributed by atoms with Gasteiger partial charge in [-0.15, -0.1) is 0 Å². The number of ether oxygens (including phenoxy) is 1. The Morgan fingerprint density at radius 2 is 1.86 bits per heavy atom. The van der Waals surface area contributed by atoms with Gasteiger partial charge in [0.2, 0.25) is 11.6 Å². The zero-order valence-electron chi connectivity index (χ0n) is 26.8. The molecule has 0 spiro atoms. The van der Waals surface area contributed by atoms with Gasteiger partial charge in [-0.3, -0.25) is 14.4 Å². The molecule has 2 amide bonds. The van der Waals surface area contributed by atoms with E-state index < -0.39 is 23.9 Å². The number of carbonyl (C=O) groups is 4. The number of nitrogens with zero attached hydrogens (tertiary/aromatic N) is 2. The lowest BCUT2D eigenvalue weighted by Gasteiger charge is -2.26. The second-order valence-electron chi connectivity index (χ2n) is 12.3. The van der Waals surface area contributed by atoms with E-state index in [1.54, 1.807) is 13.0 Å². The number of carbonyl (C=O) groups excluding carboxylic acids is 4. The highest BCUT2D eigenvalue weighted by atomic mass is 16.6. The van der Waals surface area contributed by atoms with Crippen LogP contribution >= 0.6 is 0 Å². The van der Waals surface area contributed by atoms with Crippen molar-refractivity contribution in [2.75, 3.05) is 27.2 Å². The van der Waals surface area contributed by atoms with Crippen molar-refractivity contribution >= 4 is 29.3 Å². The highest BCUT2D eigenvalue weighted by Gasteiger charge is 2.32. The zero-order valence-corrected chi connectivity index (χ0v) is 26.8. The van der Waals surface area contributed by atoms with Crippen molar-refractivity contribution in [3.8, 4) is 0 Å². The van der Waals surface area contributed by atoms with E-state index in [2.05, 4.69) is 15.8 Å². The molecule has 0 aromatic heterocycles. The Labute approximate surface area is 255 Å². The number of oxime groups is 1. The second-order valence-corrected chi connectivity index (χ2v) is 12.3. The minimum atomic E-state index is -0.886. The number of hydrogen-bond donors (Lipinski definition) is 4. The van der Waals surface area contributed by atoms with Gasteiger partial charge in [0.1, 0.15) is 6.10 Å². The van der Waals surface area contributed by atoms with E-state index in [0.29, 0.717) is 49.2 Å². The molecule has 0 aromatic carbocycles. The monoisotopic (exact) mass is 599 g/mol. The van der Waals surface area contributed by atoms with E-state index in [4.69, 9.17) is 10.5 Å². The molecular formula is C32H49N5O6. The van der Waals surface area contributed by atoms with Gasteiger partial charge < -0.3 is 31.2 Å². The molecule has 2 rings (SSSR count). The van der Waals surface area contributed by atoms with Crippen LogP contribution in [0.15, 0.2) is 51.5 Å². The summed E-state index contributed by atoms with van der Waals surface area (Å²) >= 11 is 0. The van der Waals surface area contributed by atoms with Crippen molar-refractivity contribution in [1.82, 2.24) is 15.5 Å². The van der Waals surface area contributed by atoms with Crippen molar-refractivity contribution in [3.05, 3.63) is 46.3 Å². The van der Waals surface area contributed by atoms with Crippen LogP contribution in [0.2, 0.25) is 0 Å². The third-order valence-corrected chi connectivity index (χ3v) is 8.00. The molecule has 0 radical (unpaired) electrons. The molecule has 5 atom stereocenters. The van der Waals surface area contributed by atoms with E-state index >= 15 is 0 Å². The van der Waals surface area contributed by atoms with Crippen LogP contribution in [0, 0.1) is 23.7 Å². The summed E-state index contributed by atoms with van der Waals surface area (Å²) in [5, 5.41) is 19.4. The summed E-state index contributed by atoms with van der Waals surface area (Å²) in [5.41, 5.74) is 7.63. The van der Waals surface area contributed by atoms with Crippen LogP contribution in [0.4, 0.5) is 4.79 Å². The maximum absolute atomic E-state index is 13.7. The summed E-state index contributed by atoms with van der Waals surface area (Å²) in [6.07, 6.45) is 5.30. The molecule has 5 N–H and O–H groups in total. The van der Waals surface area contributed by atoms with Crippen LogP contribution in [-0.2, 0) is 19.1 Å². The van der Waals surface area contributed by atoms with Crippen molar-refractivity contribution in [1.29, 1.82) is 0 Å². The minimum Gasteiger partial charge on any atom is -0.442 e. The number of rotatable bonds is 5. The van der Waals surface area contributed by atoms with E-state index in [1.165, 1.54) is 6.08 Å². The predicted molar refractivity (Wildman–Crippen MR) is 166 cm³/mol. The van der Waals surface area contributed by atoms with Crippen LogP contribution in [0.25, 0.3) is 0 Å². The number of likely N-dealkylation sites (N-methyl/N-ethyl adjacent to an activating group) is 1. The smallest absolute Gasteiger partial charge is 0.405 e. The maximum atomic E-state index is 13.7. The number of amides is 2. The predicted octanol–water partition coefficient (Wildman–Crippen LogP) is 3.85. The number of nitrogens with two attached hydrogens (primary N) is 1. The SMILES string of the molecule is C/C1=C/CCC(C)C(OC(N)=O)/C(C)=C\C(C)/C(=N\O)C(C)CC(C)CC2=C(NCCN(C)C)C(=O)C=C(NC1=O)C2=O. The molecular weight excluding hydrogens is 550 g/mol. The van der Waals surface area contributed by atoms with E-state index in [0.717, 1.165) is 5.57 Å². The van der Waals surface area contributed by atoms with Gasteiger partial charge in [0.25, 0.3) is 5.91 Å². The molecule has 238 valence electrons. The average Bonchev–Trinajstić information content (AvgIpc) is 2.90. The topological polar surface area (TPSA) is 163 Å². The Morgan fingerprint density at radius 3 is 2.47 bits per heavy atom. The second kappa shape index (κ2) is 16.2. The Kier molecular flexibility index (Phi) is 13.4. The highest BCUT2D eigenvalue weighted by molar-refractivity contribution is 6.23. The quantitative estimate of drug-likeness (QED) is 0.160. The van der Waals surface area contributed by atoms with Gasteiger partial charge in [0, 0.05) is 36.2 Å². The number of ketones is 2. The summed E-state index contributed by atoms with van der Waals surface area (Å²) in [7, 11) is 3.84. The number of Topliss-reactive ketones (excluding diaryl/α,β-unsaturated/α-hetero) is 1. The van der Waals surface area contributed by atoms with Crippen LogP contribution in [0.5, 0.6) is 0 Å². The fourth-order valence-electron chi connectivity index (χ4n) is 5.76. The molecule has 2 aliphatic rings. The molecule has 11 nitrogen and oxygen atoms in total. The molecule has 11 heteroatoms. The standard InChI is InChI=1S/C32H49N5O6/c1-18-14-21(4)27(36-42)22(5)16-23(6)30(43-32(33)41)19(2)10-9-11-20(3)31(40)35-25-17-26(38)28(24(15-18)29(25)39)34-12-13-37(7)8/h11,16-19,21-22,30,34,42H,9-10,12-15H2,1-8H3,(H2,33,41)(H,35,40)/b20-11-,23-16-,36-27-. The van der Waals surface area contributed by atoms with Gasteiger partial charge in [0.15, 0.2) is 0 Å². The van der Waals surface area contributed by atoms with Gasteiger partial charge in [-0.2, -0.15) is 0 Å². The summed E-state index contributed by atoms with van der Waals surface area (Å²) in [5.74, 6) is -1.89. The lowest BCUT2D eigenvalue weighted by molar-refractivity contribution is -0.120. The van der Waals surface area contributed by atoms with E-state index in [9.17, 15) is 24.4 Å². The van der Waals surface area contributed by atoms with E-state index in [1.807, 2.05) is 59.7 Å². The van der Waals surface area contributed by atoms with Crippen LogP contribution in [0.3, 0.4) is 0 Å². The maximum Gasteiger partial charge on any atom is 0.405 e. The first kappa shape index (κ1) is 35.5. The van der Waals surface area contributed by atoms with E-state index in [-0.39, 0.29) is 47.3 Å². The van der Waals surface area contributed by atoms with Gasteiger partial charge in [0.05, 0.1) is 17.1 Å². The largest absolute Gasteiger partial charge is 0.442 e. The summed E-state index contributed by atoms with van der Waals surface area (Å²) in [4.78, 5) is 53.7. The third kappa shape index (κ3) is 10.2. The molecule has 0 fully saturated rings. The fourth-order valence-corrected chi connectivity index (χ4v) is 5.76. The minimum absolute atomic E-state index is 0.0524. The Balaban J connectivity index is 2.54. The molecule has 0 saturated heterocycles. The number of nitrogens with one attached hydrogen (secondary N) is 2. The van der Waals surface area contributed by atoms with Crippen LogP contribution in [0.1, 0.15) is 67.2 Å². The van der Waals surface area contributed by atoms with Crippen molar-refractivity contribution in [2.24, 2.45) is 34.6 Å². The Bertz CT molecular complexity index is 1230. The van der Waals surface area contributed by atoms with Gasteiger partial charge in [-0.1, -0.05) is 45.0 Å². The first-order valence-corrected chi connectivity index (χ1v) is 14.9. The number of primary amides is 1. The normalized spacial score (nSPS) is 30.3. The molecule has 1 aliphatic carbocycles. The highest BCUT2D eigenvalue weighted by Crippen LogP contribution is 2.29. The third-order valence-electron chi connectivity index (χ3n) is 8.00. The summed E-state index contributed by atoms with van der Waals surface area (Å²) < 4.78 is 5.48. The van der Waals surface area contributed by atoms with Crippen LogP contribution in [-0.4, -0.2) is 72.7 Å². The van der Waals surface area contributed by atoms with Crippen molar-refractivity contribution in [2.45, 2.75) is 73.3 Å². The lowest BCUT2D eigenvalue weighted by atomic mass is 9.82. The molecule has 43 heavy (non-hydrogen) atoms. The lowest BCUT2D eigenvalue weighted by Crippen LogP contribution is -2.37. The molecule has 2 bridgehead atoms.